The highest BCUT2D eigenvalue weighted by molar-refractivity contribution is 7.15. The molecule has 2 aromatic rings. The van der Waals surface area contributed by atoms with E-state index in [1.807, 2.05) is 0 Å². The maximum atomic E-state index is 12.0. The van der Waals surface area contributed by atoms with Gasteiger partial charge in [-0.3, -0.25) is 19.7 Å². The number of aromatic nitrogens is 2. The van der Waals surface area contributed by atoms with Crippen LogP contribution >= 0.6 is 11.3 Å². The number of hydrazone groups is 1. The number of carbonyl (C=O) groups excluding carboxylic acids is 2. The van der Waals surface area contributed by atoms with E-state index in [-0.39, 0.29) is 41.3 Å². The molecular formula is C17H18N6O6S. The Kier molecular flexibility index (Phi) is 5.91. The lowest BCUT2D eigenvalue weighted by atomic mass is 9.96. The Bertz CT molecular complexity index is 1030. The summed E-state index contributed by atoms with van der Waals surface area (Å²) < 4.78 is 10.3. The van der Waals surface area contributed by atoms with Crippen molar-refractivity contribution in [3.05, 3.63) is 32.8 Å². The van der Waals surface area contributed by atoms with Gasteiger partial charge in [0.25, 0.3) is 5.69 Å². The number of carbonyl (C=O) groups is 2. The normalized spacial score (nSPS) is 12.8. The molecule has 1 aromatic carbocycles. The first-order chi connectivity index (χ1) is 14.1. The number of benzene rings is 1. The molecule has 0 aliphatic carbocycles. The number of fused-ring (bicyclic) bond motifs is 1. The minimum Gasteiger partial charge on any atom is -0.454 e. The van der Waals surface area contributed by atoms with E-state index in [1.165, 1.54) is 12.1 Å². The van der Waals surface area contributed by atoms with E-state index in [0.29, 0.717) is 10.8 Å². The number of hydrogen-bond acceptors (Lipinski definition) is 10. The molecule has 2 heterocycles. The molecule has 0 fully saturated rings. The highest BCUT2D eigenvalue weighted by Crippen LogP contribution is 2.37. The highest BCUT2D eigenvalue weighted by atomic mass is 32.1. The number of nitro benzene ring substituents is 1. The first-order valence-corrected chi connectivity index (χ1v) is 9.49. The average Bonchev–Trinajstić information content (AvgIpc) is 3.28. The smallest absolute Gasteiger partial charge is 0.282 e. The molecule has 13 heteroatoms. The molecule has 12 nitrogen and oxygen atoms in total. The number of rotatable bonds is 6. The van der Waals surface area contributed by atoms with Gasteiger partial charge in [-0.1, -0.05) is 32.1 Å². The molecule has 1 aliphatic heterocycles. The van der Waals surface area contributed by atoms with E-state index >= 15 is 0 Å². The molecule has 0 unspecified atom stereocenters. The first-order valence-electron chi connectivity index (χ1n) is 8.67. The Labute approximate surface area is 174 Å². The number of nitro groups is 1. The van der Waals surface area contributed by atoms with Crippen LogP contribution in [0.2, 0.25) is 0 Å². The van der Waals surface area contributed by atoms with Gasteiger partial charge in [0.05, 0.1) is 29.2 Å². The van der Waals surface area contributed by atoms with E-state index < -0.39 is 16.2 Å². The minimum atomic E-state index is -0.588. The summed E-state index contributed by atoms with van der Waals surface area (Å²) in [6, 6.07) is 2.64. The van der Waals surface area contributed by atoms with Gasteiger partial charge in [0, 0.05) is 5.41 Å². The van der Waals surface area contributed by atoms with Crippen LogP contribution in [0.15, 0.2) is 17.2 Å². The van der Waals surface area contributed by atoms with Gasteiger partial charge < -0.3 is 14.8 Å². The van der Waals surface area contributed by atoms with Crippen molar-refractivity contribution in [3.8, 4) is 11.5 Å². The molecule has 2 amide bonds. The molecule has 158 valence electrons. The van der Waals surface area contributed by atoms with Gasteiger partial charge in [-0.15, -0.1) is 10.2 Å². The van der Waals surface area contributed by atoms with Crippen molar-refractivity contribution in [1.82, 2.24) is 15.6 Å². The number of amides is 2. The summed E-state index contributed by atoms with van der Waals surface area (Å²) in [6.07, 6.45) is 1.02. The summed E-state index contributed by atoms with van der Waals surface area (Å²) in [6.45, 7) is 5.27. The summed E-state index contributed by atoms with van der Waals surface area (Å²) >= 11 is 1.07. The van der Waals surface area contributed by atoms with Crippen LogP contribution < -0.4 is 20.2 Å². The third-order valence-corrected chi connectivity index (χ3v) is 4.63. The monoisotopic (exact) mass is 434 g/mol. The van der Waals surface area contributed by atoms with Crippen LogP contribution in [0.4, 0.5) is 10.8 Å². The quantitative estimate of drug-likeness (QED) is 0.396. The van der Waals surface area contributed by atoms with Crippen LogP contribution in [0.25, 0.3) is 0 Å². The summed E-state index contributed by atoms with van der Waals surface area (Å²) in [4.78, 5) is 34.6. The zero-order chi connectivity index (χ0) is 21.9. The third kappa shape index (κ3) is 5.05. The Balaban J connectivity index is 1.60. The number of anilines is 1. The zero-order valence-electron chi connectivity index (χ0n) is 16.3. The minimum absolute atomic E-state index is 0.0239. The predicted molar refractivity (Wildman–Crippen MR) is 107 cm³/mol. The standard InChI is InChI=1S/C17H18N6O6S/c1-17(2,3)15(25)19-16-22-21-14(30-16)6-13(24)20-18-7-9-4-11-12(29-8-28-11)5-10(9)23(26)27/h4-5,7H,6,8H2,1-3H3,(H,20,24)(H,19,22,25). The average molecular weight is 434 g/mol. The van der Waals surface area contributed by atoms with Crippen LogP contribution in [-0.4, -0.2) is 39.9 Å². The molecule has 1 aliphatic rings. The van der Waals surface area contributed by atoms with E-state index in [2.05, 4.69) is 26.0 Å². The van der Waals surface area contributed by atoms with Crippen LogP contribution in [0.1, 0.15) is 31.3 Å². The van der Waals surface area contributed by atoms with Crippen molar-refractivity contribution in [2.75, 3.05) is 12.1 Å². The molecule has 30 heavy (non-hydrogen) atoms. The second kappa shape index (κ2) is 8.41. The molecule has 1 aromatic heterocycles. The Morgan fingerprint density at radius 2 is 2.00 bits per heavy atom. The number of ether oxygens (including phenoxy) is 2. The zero-order valence-corrected chi connectivity index (χ0v) is 17.1. The van der Waals surface area contributed by atoms with Gasteiger partial charge in [0.15, 0.2) is 11.5 Å². The molecule has 0 saturated carbocycles. The molecular weight excluding hydrogens is 416 g/mol. The molecule has 3 rings (SSSR count). The lowest BCUT2D eigenvalue weighted by Gasteiger charge is -2.15. The number of hydrogen-bond donors (Lipinski definition) is 2. The molecule has 0 radical (unpaired) electrons. The molecule has 0 saturated heterocycles. The summed E-state index contributed by atoms with van der Waals surface area (Å²) in [7, 11) is 0. The lowest BCUT2D eigenvalue weighted by molar-refractivity contribution is -0.385. The van der Waals surface area contributed by atoms with Gasteiger partial charge in [0.1, 0.15) is 5.01 Å². The van der Waals surface area contributed by atoms with Crippen molar-refractivity contribution >= 4 is 40.2 Å². The molecule has 0 bridgehead atoms. The fraction of sp³-hybridized carbons (Fsp3) is 0.353. The topological polar surface area (TPSA) is 158 Å². The summed E-state index contributed by atoms with van der Waals surface area (Å²) in [5.41, 5.74) is 1.60. The highest BCUT2D eigenvalue weighted by Gasteiger charge is 2.23. The molecule has 2 N–H and O–H groups in total. The lowest BCUT2D eigenvalue weighted by Crippen LogP contribution is -2.27. The maximum Gasteiger partial charge on any atom is 0.282 e. The fourth-order valence-electron chi connectivity index (χ4n) is 2.22. The van der Waals surface area contributed by atoms with Crippen LogP contribution in [0, 0.1) is 15.5 Å². The van der Waals surface area contributed by atoms with Crippen LogP contribution in [-0.2, 0) is 16.0 Å². The van der Waals surface area contributed by atoms with Crippen molar-refractivity contribution in [2.24, 2.45) is 10.5 Å². The van der Waals surface area contributed by atoms with Gasteiger partial charge in [0.2, 0.25) is 23.7 Å². The van der Waals surface area contributed by atoms with Crippen molar-refractivity contribution < 1.29 is 24.0 Å². The molecule has 0 spiro atoms. The summed E-state index contributed by atoms with van der Waals surface area (Å²) in [5.74, 6) is -0.0929. The summed E-state index contributed by atoms with van der Waals surface area (Å²) in [5, 5.41) is 26.0. The largest absolute Gasteiger partial charge is 0.454 e. The van der Waals surface area contributed by atoms with Gasteiger partial charge >= 0.3 is 0 Å². The second-order valence-corrected chi connectivity index (χ2v) is 8.26. The third-order valence-electron chi connectivity index (χ3n) is 3.79. The SMILES string of the molecule is CC(C)(C)C(=O)Nc1nnc(CC(=O)NN=Cc2cc3c(cc2[N+](=O)[O-])OCO3)s1. The number of nitrogens with zero attached hydrogens (tertiary/aromatic N) is 4. The van der Waals surface area contributed by atoms with Gasteiger partial charge in [-0.2, -0.15) is 5.10 Å². The van der Waals surface area contributed by atoms with E-state index in [1.54, 1.807) is 20.8 Å². The van der Waals surface area contributed by atoms with Crippen molar-refractivity contribution in [3.63, 3.8) is 0 Å². The van der Waals surface area contributed by atoms with Gasteiger partial charge in [-0.25, -0.2) is 5.43 Å². The Morgan fingerprint density at radius 3 is 2.67 bits per heavy atom. The van der Waals surface area contributed by atoms with E-state index in [4.69, 9.17) is 9.47 Å². The predicted octanol–water partition coefficient (Wildman–Crippen LogP) is 1.85. The van der Waals surface area contributed by atoms with E-state index in [0.717, 1.165) is 17.6 Å². The fourth-order valence-corrected chi connectivity index (χ4v) is 2.95. The van der Waals surface area contributed by atoms with Crippen molar-refractivity contribution in [2.45, 2.75) is 27.2 Å². The Morgan fingerprint density at radius 1 is 1.30 bits per heavy atom. The van der Waals surface area contributed by atoms with Crippen LogP contribution in [0.5, 0.6) is 11.5 Å². The molecule has 0 atom stereocenters. The Hall–Kier alpha value is -3.61. The van der Waals surface area contributed by atoms with Gasteiger partial charge in [-0.05, 0) is 6.07 Å². The van der Waals surface area contributed by atoms with Crippen LogP contribution in [0.3, 0.4) is 0 Å². The van der Waals surface area contributed by atoms with Crippen molar-refractivity contribution in [1.29, 1.82) is 0 Å². The second-order valence-electron chi connectivity index (χ2n) is 7.20. The number of nitrogens with one attached hydrogen (secondary N) is 2. The maximum absolute atomic E-state index is 12.0. The van der Waals surface area contributed by atoms with E-state index in [9.17, 15) is 19.7 Å². The first kappa shape index (κ1) is 21.1.